The van der Waals surface area contributed by atoms with Crippen molar-refractivity contribution in [3.8, 4) is 0 Å². The van der Waals surface area contributed by atoms with Crippen LogP contribution < -0.4 is 5.32 Å². The van der Waals surface area contributed by atoms with Crippen LogP contribution in [0.25, 0.3) is 0 Å². The smallest absolute Gasteiger partial charge is 0.407 e. The number of alkyl carbamates (subject to hydrolysis) is 1. The SMILES string of the molecule is [CH2]CCCCC(C)OC(=O)NC. The number of unbranched alkanes of at least 4 members (excludes halogenated alkanes) is 2. The fraction of sp³-hybridized carbons (Fsp3) is 0.778. The van der Waals surface area contributed by atoms with Crippen LogP contribution in [0, 0.1) is 6.92 Å². The molecule has 1 amide bonds. The van der Waals surface area contributed by atoms with Crippen molar-refractivity contribution in [1.82, 2.24) is 5.32 Å². The number of carbonyl (C=O) groups excluding carboxylic acids is 1. The Labute approximate surface area is 74.5 Å². The zero-order chi connectivity index (χ0) is 9.40. The molecule has 0 saturated carbocycles. The lowest BCUT2D eigenvalue weighted by atomic mass is 10.1. The molecule has 0 aliphatic heterocycles. The standard InChI is InChI=1S/C9H18NO2/c1-4-5-6-7-8(2)12-9(11)10-3/h8H,1,4-7H2,2-3H3,(H,10,11). The molecule has 0 aliphatic carbocycles. The fourth-order valence-corrected chi connectivity index (χ4v) is 0.909. The summed E-state index contributed by atoms with van der Waals surface area (Å²) in [5.74, 6) is 0. The van der Waals surface area contributed by atoms with Crippen LogP contribution in [0.4, 0.5) is 4.79 Å². The summed E-state index contributed by atoms with van der Waals surface area (Å²) in [6, 6.07) is 0. The molecule has 0 bridgehead atoms. The molecular weight excluding hydrogens is 154 g/mol. The monoisotopic (exact) mass is 172 g/mol. The van der Waals surface area contributed by atoms with Gasteiger partial charge in [0.1, 0.15) is 6.10 Å². The Morgan fingerprint density at radius 2 is 2.25 bits per heavy atom. The first-order chi connectivity index (χ1) is 5.70. The lowest BCUT2D eigenvalue weighted by Gasteiger charge is -2.11. The zero-order valence-electron chi connectivity index (χ0n) is 7.93. The third-order valence-electron chi connectivity index (χ3n) is 1.62. The Hall–Kier alpha value is -0.730. The van der Waals surface area contributed by atoms with Crippen molar-refractivity contribution >= 4 is 6.09 Å². The Morgan fingerprint density at radius 1 is 1.58 bits per heavy atom. The van der Waals surface area contributed by atoms with Gasteiger partial charge in [-0.1, -0.05) is 19.8 Å². The number of rotatable bonds is 5. The fourth-order valence-electron chi connectivity index (χ4n) is 0.909. The molecule has 3 heteroatoms. The van der Waals surface area contributed by atoms with Gasteiger partial charge in [0, 0.05) is 7.05 Å². The van der Waals surface area contributed by atoms with Crippen LogP contribution in [0.3, 0.4) is 0 Å². The third kappa shape index (κ3) is 6.01. The van der Waals surface area contributed by atoms with E-state index >= 15 is 0 Å². The number of amides is 1. The summed E-state index contributed by atoms with van der Waals surface area (Å²) < 4.78 is 4.98. The molecule has 3 nitrogen and oxygen atoms in total. The van der Waals surface area contributed by atoms with Crippen molar-refractivity contribution in [3.05, 3.63) is 6.92 Å². The minimum absolute atomic E-state index is 0.0106. The van der Waals surface area contributed by atoms with Crippen LogP contribution >= 0.6 is 0 Å². The van der Waals surface area contributed by atoms with Gasteiger partial charge in [-0.15, -0.1) is 0 Å². The van der Waals surface area contributed by atoms with E-state index in [0.717, 1.165) is 25.7 Å². The second kappa shape index (κ2) is 6.95. The Morgan fingerprint density at radius 3 is 2.75 bits per heavy atom. The van der Waals surface area contributed by atoms with E-state index in [1.54, 1.807) is 7.05 Å². The quantitative estimate of drug-likeness (QED) is 0.645. The molecule has 1 radical (unpaired) electrons. The molecule has 0 saturated heterocycles. The highest BCUT2D eigenvalue weighted by Gasteiger charge is 2.05. The van der Waals surface area contributed by atoms with Crippen LogP contribution in [-0.2, 0) is 4.74 Å². The van der Waals surface area contributed by atoms with Crippen LogP contribution in [-0.4, -0.2) is 19.2 Å². The first-order valence-electron chi connectivity index (χ1n) is 4.38. The summed E-state index contributed by atoms with van der Waals surface area (Å²) >= 11 is 0. The maximum Gasteiger partial charge on any atom is 0.407 e. The summed E-state index contributed by atoms with van der Waals surface area (Å²) in [6.45, 7) is 5.64. The second-order valence-electron chi connectivity index (χ2n) is 2.82. The van der Waals surface area contributed by atoms with Crippen molar-refractivity contribution in [2.24, 2.45) is 0 Å². The van der Waals surface area contributed by atoms with Crippen LogP contribution in [0.1, 0.15) is 32.6 Å². The Kier molecular flexibility index (Phi) is 6.53. The molecule has 0 aromatic heterocycles. The molecule has 0 spiro atoms. The second-order valence-corrected chi connectivity index (χ2v) is 2.82. The zero-order valence-corrected chi connectivity index (χ0v) is 7.93. The van der Waals surface area contributed by atoms with E-state index in [-0.39, 0.29) is 12.2 Å². The highest BCUT2D eigenvalue weighted by molar-refractivity contribution is 5.66. The van der Waals surface area contributed by atoms with Crippen LogP contribution in [0.2, 0.25) is 0 Å². The number of carbonyl (C=O) groups is 1. The molecule has 1 atom stereocenters. The molecule has 12 heavy (non-hydrogen) atoms. The number of nitrogens with one attached hydrogen (secondary N) is 1. The molecule has 1 N–H and O–H groups in total. The van der Waals surface area contributed by atoms with Crippen molar-refractivity contribution in [2.45, 2.75) is 38.7 Å². The summed E-state index contributed by atoms with van der Waals surface area (Å²) in [7, 11) is 1.56. The topological polar surface area (TPSA) is 38.3 Å². The lowest BCUT2D eigenvalue weighted by molar-refractivity contribution is 0.103. The van der Waals surface area contributed by atoms with Gasteiger partial charge in [-0.2, -0.15) is 0 Å². The number of hydrogen-bond donors (Lipinski definition) is 1. The first-order valence-corrected chi connectivity index (χ1v) is 4.38. The van der Waals surface area contributed by atoms with Gasteiger partial charge in [-0.25, -0.2) is 4.79 Å². The molecule has 0 heterocycles. The van der Waals surface area contributed by atoms with Crippen molar-refractivity contribution in [3.63, 3.8) is 0 Å². The predicted molar refractivity (Wildman–Crippen MR) is 48.8 cm³/mol. The van der Waals surface area contributed by atoms with Crippen molar-refractivity contribution in [1.29, 1.82) is 0 Å². The van der Waals surface area contributed by atoms with Gasteiger partial charge in [0.25, 0.3) is 0 Å². The van der Waals surface area contributed by atoms with E-state index in [1.807, 2.05) is 6.92 Å². The predicted octanol–water partition coefficient (Wildman–Crippen LogP) is 2.13. The van der Waals surface area contributed by atoms with Crippen molar-refractivity contribution in [2.75, 3.05) is 7.05 Å². The van der Waals surface area contributed by atoms with Crippen LogP contribution in [0.5, 0.6) is 0 Å². The average Bonchev–Trinajstić information content (AvgIpc) is 2.05. The average molecular weight is 172 g/mol. The van der Waals surface area contributed by atoms with Crippen LogP contribution in [0.15, 0.2) is 0 Å². The number of hydrogen-bond acceptors (Lipinski definition) is 2. The maximum absolute atomic E-state index is 10.7. The van der Waals surface area contributed by atoms with Gasteiger partial charge in [0.2, 0.25) is 0 Å². The third-order valence-corrected chi connectivity index (χ3v) is 1.62. The molecule has 0 aromatic carbocycles. The minimum atomic E-state index is -0.350. The highest BCUT2D eigenvalue weighted by atomic mass is 16.6. The molecule has 0 rings (SSSR count). The molecular formula is C9H18NO2. The van der Waals surface area contributed by atoms with E-state index in [0.29, 0.717) is 0 Å². The van der Waals surface area contributed by atoms with E-state index in [9.17, 15) is 4.79 Å². The molecule has 0 aliphatic rings. The van der Waals surface area contributed by atoms with Gasteiger partial charge in [0.05, 0.1) is 0 Å². The van der Waals surface area contributed by atoms with Gasteiger partial charge in [-0.3, -0.25) is 0 Å². The van der Waals surface area contributed by atoms with Crippen molar-refractivity contribution < 1.29 is 9.53 Å². The van der Waals surface area contributed by atoms with Gasteiger partial charge in [-0.05, 0) is 19.8 Å². The van der Waals surface area contributed by atoms with Gasteiger partial charge >= 0.3 is 6.09 Å². The Balaban J connectivity index is 3.32. The molecule has 1 unspecified atom stereocenters. The number of ether oxygens (including phenoxy) is 1. The largest absolute Gasteiger partial charge is 0.447 e. The van der Waals surface area contributed by atoms with Gasteiger partial charge < -0.3 is 10.1 Å². The molecule has 0 fully saturated rings. The van der Waals surface area contributed by atoms with E-state index in [2.05, 4.69) is 12.2 Å². The Bertz CT molecular complexity index is 126. The van der Waals surface area contributed by atoms with E-state index in [4.69, 9.17) is 4.74 Å². The van der Waals surface area contributed by atoms with E-state index < -0.39 is 0 Å². The highest BCUT2D eigenvalue weighted by Crippen LogP contribution is 2.05. The normalized spacial score (nSPS) is 12.2. The summed E-state index contributed by atoms with van der Waals surface area (Å²) in [6.07, 6.45) is 3.70. The van der Waals surface area contributed by atoms with E-state index in [1.165, 1.54) is 0 Å². The summed E-state index contributed by atoms with van der Waals surface area (Å²) in [4.78, 5) is 10.7. The first kappa shape index (κ1) is 11.3. The molecule has 71 valence electrons. The van der Waals surface area contributed by atoms with Gasteiger partial charge in [0.15, 0.2) is 0 Å². The summed E-state index contributed by atoms with van der Waals surface area (Å²) in [5.41, 5.74) is 0. The maximum atomic E-state index is 10.7. The molecule has 0 aromatic rings. The lowest BCUT2D eigenvalue weighted by Crippen LogP contribution is -2.24. The summed E-state index contributed by atoms with van der Waals surface area (Å²) in [5, 5.41) is 2.41. The minimum Gasteiger partial charge on any atom is -0.447 e.